The first-order valence-corrected chi connectivity index (χ1v) is 8.74. The first-order chi connectivity index (χ1) is 12.1. The van der Waals surface area contributed by atoms with Crippen molar-refractivity contribution in [1.29, 1.82) is 0 Å². The summed E-state index contributed by atoms with van der Waals surface area (Å²) in [6, 6.07) is 13.9. The highest BCUT2D eigenvalue weighted by atomic mass is 19.4. The number of alkyl halides is 3. The summed E-state index contributed by atoms with van der Waals surface area (Å²) in [5.41, 5.74) is 2.05. The van der Waals surface area contributed by atoms with Crippen LogP contribution in [0.25, 0.3) is 0 Å². The van der Waals surface area contributed by atoms with Crippen LogP contribution < -0.4 is 10.2 Å². The molecule has 0 aliphatic carbocycles. The van der Waals surface area contributed by atoms with E-state index in [2.05, 4.69) is 16.3 Å². The number of nitrogens with one attached hydrogen (secondary N) is 1. The zero-order chi connectivity index (χ0) is 17.7. The molecule has 0 aromatic heterocycles. The van der Waals surface area contributed by atoms with Crippen molar-refractivity contribution < 1.29 is 13.2 Å². The van der Waals surface area contributed by atoms with E-state index in [1.807, 2.05) is 18.2 Å². The van der Waals surface area contributed by atoms with Gasteiger partial charge in [-0.25, -0.2) is 0 Å². The second-order valence-corrected chi connectivity index (χ2v) is 6.43. The van der Waals surface area contributed by atoms with Crippen LogP contribution >= 0.6 is 0 Å². The van der Waals surface area contributed by atoms with Crippen LogP contribution in [0.1, 0.15) is 36.0 Å². The van der Waals surface area contributed by atoms with Crippen molar-refractivity contribution in [1.82, 2.24) is 5.32 Å². The van der Waals surface area contributed by atoms with Crippen LogP contribution in [0.3, 0.4) is 0 Å². The Labute approximate surface area is 146 Å². The summed E-state index contributed by atoms with van der Waals surface area (Å²) < 4.78 is 39.2. The van der Waals surface area contributed by atoms with Gasteiger partial charge in [-0.15, -0.1) is 0 Å². The number of rotatable bonds is 5. The number of hydrogen-bond acceptors (Lipinski definition) is 2. The number of benzene rings is 2. The van der Waals surface area contributed by atoms with E-state index in [-0.39, 0.29) is 12.1 Å². The Morgan fingerprint density at radius 3 is 2.12 bits per heavy atom. The Morgan fingerprint density at radius 1 is 0.800 bits per heavy atom. The minimum atomic E-state index is -4.32. The first-order valence-electron chi connectivity index (χ1n) is 8.74. The summed E-state index contributed by atoms with van der Waals surface area (Å²) >= 11 is 0. The maximum Gasteiger partial charge on any atom is 0.416 e. The van der Waals surface area contributed by atoms with Gasteiger partial charge in [0.25, 0.3) is 0 Å². The topological polar surface area (TPSA) is 15.3 Å². The molecule has 0 amide bonds. The molecule has 0 radical (unpaired) electrons. The predicted molar refractivity (Wildman–Crippen MR) is 94.5 cm³/mol. The van der Waals surface area contributed by atoms with Crippen LogP contribution in [-0.2, 0) is 19.3 Å². The van der Waals surface area contributed by atoms with Gasteiger partial charge in [-0.1, -0.05) is 36.4 Å². The second-order valence-electron chi connectivity index (χ2n) is 6.43. The fourth-order valence-electron chi connectivity index (χ4n) is 3.39. The highest BCUT2D eigenvalue weighted by Gasteiger charge is 2.32. The van der Waals surface area contributed by atoms with E-state index in [0.29, 0.717) is 6.54 Å². The molecule has 2 aromatic carbocycles. The number of halogens is 3. The van der Waals surface area contributed by atoms with Crippen molar-refractivity contribution in [2.45, 2.75) is 38.5 Å². The van der Waals surface area contributed by atoms with Gasteiger partial charge in [0.05, 0.1) is 5.56 Å². The Bertz CT molecular complexity index is 691. The lowest BCUT2D eigenvalue weighted by Crippen LogP contribution is -2.30. The van der Waals surface area contributed by atoms with Gasteiger partial charge in [-0.3, -0.25) is 0 Å². The molecule has 3 rings (SSSR count). The third kappa shape index (κ3) is 4.54. The molecule has 0 bridgehead atoms. The van der Waals surface area contributed by atoms with Gasteiger partial charge in [0, 0.05) is 31.9 Å². The number of para-hydroxylation sites is 1. The van der Waals surface area contributed by atoms with Crippen molar-refractivity contribution in [2.24, 2.45) is 0 Å². The fraction of sp³-hybridized carbons (Fsp3) is 0.400. The lowest BCUT2D eigenvalue weighted by molar-refractivity contribution is -0.138. The first kappa shape index (κ1) is 17.8. The summed E-state index contributed by atoms with van der Waals surface area (Å²) in [4.78, 5) is 2.38. The van der Waals surface area contributed by atoms with E-state index in [1.165, 1.54) is 37.1 Å². The van der Waals surface area contributed by atoms with E-state index < -0.39 is 11.7 Å². The Morgan fingerprint density at radius 2 is 1.40 bits per heavy atom. The quantitative estimate of drug-likeness (QED) is 0.819. The molecule has 2 nitrogen and oxygen atoms in total. The van der Waals surface area contributed by atoms with Gasteiger partial charge >= 0.3 is 6.18 Å². The molecule has 25 heavy (non-hydrogen) atoms. The van der Waals surface area contributed by atoms with Crippen LogP contribution in [0.5, 0.6) is 0 Å². The molecule has 1 heterocycles. The molecule has 1 saturated heterocycles. The molecule has 5 heteroatoms. The van der Waals surface area contributed by atoms with Crippen molar-refractivity contribution in [3.05, 3.63) is 65.2 Å². The lowest BCUT2D eigenvalue weighted by atomic mass is 10.1. The molecular formula is C20H23F3N2. The van der Waals surface area contributed by atoms with E-state index in [1.54, 1.807) is 6.07 Å². The zero-order valence-electron chi connectivity index (χ0n) is 14.1. The molecular weight excluding hydrogens is 325 g/mol. The standard InChI is InChI=1S/C20H23F3N2/c21-20(22,23)18-10-4-2-8-16(18)14-24-15-17-9-3-5-11-19(17)25-12-6-1-7-13-25/h2-5,8-11,24H,1,6-7,12-15H2. The van der Waals surface area contributed by atoms with Gasteiger partial charge < -0.3 is 10.2 Å². The second kappa shape index (κ2) is 7.91. The predicted octanol–water partition coefficient (Wildman–Crippen LogP) is 4.99. The molecule has 1 fully saturated rings. The van der Waals surface area contributed by atoms with Gasteiger partial charge in [0.15, 0.2) is 0 Å². The van der Waals surface area contributed by atoms with Crippen LogP contribution in [0.15, 0.2) is 48.5 Å². The molecule has 2 aromatic rings. The minimum Gasteiger partial charge on any atom is -0.371 e. The largest absolute Gasteiger partial charge is 0.416 e. The molecule has 0 spiro atoms. The van der Waals surface area contributed by atoms with Gasteiger partial charge in [0.1, 0.15) is 0 Å². The summed E-state index contributed by atoms with van der Waals surface area (Å²) in [6.07, 6.45) is -0.656. The zero-order valence-corrected chi connectivity index (χ0v) is 14.1. The molecule has 0 atom stereocenters. The molecule has 0 unspecified atom stereocenters. The molecule has 134 valence electrons. The van der Waals surface area contributed by atoms with Crippen molar-refractivity contribution >= 4 is 5.69 Å². The number of anilines is 1. The van der Waals surface area contributed by atoms with Crippen molar-refractivity contribution in [2.75, 3.05) is 18.0 Å². The number of piperidine rings is 1. The smallest absolute Gasteiger partial charge is 0.371 e. The summed E-state index contributed by atoms with van der Waals surface area (Å²) in [7, 11) is 0. The third-order valence-electron chi connectivity index (χ3n) is 4.64. The maximum atomic E-state index is 13.1. The average molecular weight is 348 g/mol. The molecule has 1 aliphatic heterocycles. The highest BCUT2D eigenvalue weighted by Crippen LogP contribution is 2.32. The maximum absolute atomic E-state index is 13.1. The monoisotopic (exact) mass is 348 g/mol. The summed E-state index contributed by atoms with van der Waals surface area (Å²) in [6.45, 7) is 2.85. The Hall–Kier alpha value is -2.01. The van der Waals surface area contributed by atoms with Crippen LogP contribution in [-0.4, -0.2) is 13.1 Å². The summed E-state index contributed by atoms with van der Waals surface area (Å²) in [5, 5.41) is 3.18. The summed E-state index contributed by atoms with van der Waals surface area (Å²) in [5.74, 6) is 0. The van der Waals surface area contributed by atoms with E-state index >= 15 is 0 Å². The average Bonchev–Trinajstić information content (AvgIpc) is 2.62. The number of hydrogen-bond donors (Lipinski definition) is 1. The molecule has 1 aliphatic rings. The Kier molecular flexibility index (Phi) is 5.63. The highest BCUT2D eigenvalue weighted by molar-refractivity contribution is 5.53. The van der Waals surface area contributed by atoms with Gasteiger partial charge in [-0.05, 0) is 42.5 Å². The Balaban J connectivity index is 1.67. The fourth-order valence-corrected chi connectivity index (χ4v) is 3.39. The molecule has 0 saturated carbocycles. The van der Waals surface area contributed by atoms with E-state index in [9.17, 15) is 13.2 Å². The van der Waals surface area contributed by atoms with Crippen molar-refractivity contribution in [3.63, 3.8) is 0 Å². The minimum absolute atomic E-state index is 0.198. The van der Waals surface area contributed by atoms with Crippen LogP contribution in [0.4, 0.5) is 18.9 Å². The van der Waals surface area contributed by atoms with Crippen molar-refractivity contribution in [3.8, 4) is 0 Å². The van der Waals surface area contributed by atoms with Gasteiger partial charge in [0.2, 0.25) is 0 Å². The SMILES string of the molecule is FC(F)(F)c1ccccc1CNCc1ccccc1N1CCCCC1. The van der Waals surface area contributed by atoms with Crippen LogP contribution in [0, 0.1) is 0 Å². The van der Waals surface area contributed by atoms with E-state index in [0.717, 1.165) is 24.7 Å². The van der Waals surface area contributed by atoms with E-state index in [4.69, 9.17) is 0 Å². The van der Waals surface area contributed by atoms with Crippen LogP contribution in [0.2, 0.25) is 0 Å². The molecule has 1 N–H and O–H groups in total. The lowest BCUT2D eigenvalue weighted by Gasteiger charge is -2.30. The normalized spacial score (nSPS) is 15.4. The number of nitrogens with zero attached hydrogens (tertiary/aromatic N) is 1. The van der Waals surface area contributed by atoms with Gasteiger partial charge in [-0.2, -0.15) is 13.2 Å². The third-order valence-corrected chi connectivity index (χ3v) is 4.64.